The molecule has 0 heterocycles. The Balaban J connectivity index is 2.80. The van der Waals surface area contributed by atoms with Gasteiger partial charge in [0.05, 0.1) is 12.4 Å². The van der Waals surface area contributed by atoms with E-state index in [9.17, 15) is 22.3 Å². The van der Waals surface area contributed by atoms with Gasteiger partial charge in [-0.25, -0.2) is 21.9 Å². The summed E-state index contributed by atoms with van der Waals surface area (Å²) in [6, 6.07) is 2.60. The van der Waals surface area contributed by atoms with Crippen molar-refractivity contribution >= 4 is 10.0 Å². The van der Waals surface area contributed by atoms with Crippen LogP contribution < -0.4 is 4.72 Å². The molecule has 7 heteroatoms. The van der Waals surface area contributed by atoms with E-state index in [-0.39, 0.29) is 5.56 Å². The normalized spacial score (nSPS) is 13.8. The summed E-state index contributed by atoms with van der Waals surface area (Å²) < 4.78 is 49.4. The monoisotopic (exact) mass is 251 g/mol. The van der Waals surface area contributed by atoms with Crippen molar-refractivity contribution in [2.45, 2.75) is 6.10 Å². The first-order valence-corrected chi connectivity index (χ1v) is 6.26. The SMILES string of the molecule is CS(=O)(=O)NCC(O)c1cc(F)ccc1F. The van der Waals surface area contributed by atoms with Gasteiger partial charge in [-0.15, -0.1) is 0 Å². The van der Waals surface area contributed by atoms with E-state index in [0.29, 0.717) is 0 Å². The third kappa shape index (κ3) is 3.84. The number of aliphatic hydroxyl groups excluding tert-OH is 1. The highest BCUT2D eigenvalue weighted by Crippen LogP contribution is 2.17. The van der Waals surface area contributed by atoms with Gasteiger partial charge in [-0.2, -0.15) is 0 Å². The van der Waals surface area contributed by atoms with Gasteiger partial charge in [0.1, 0.15) is 11.6 Å². The zero-order valence-corrected chi connectivity index (χ0v) is 9.26. The van der Waals surface area contributed by atoms with Crippen LogP contribution in [0.5, 0.6) is 0 Å². The summed E-state index contributed by atoms with van der Waals surface area (Å²) in [5.41, 5.74) is -0.281. The number of nitrogens with one attached hydrogen (secondary N) is 1. The van der Waals surface area contributed by atoms with Crippen LogP contribution in [0.15, 0.2) is 18.2 Å². The van der Waals surface area contributed by atoms with Crippen molar-refractivity contribution in [3.05, 3.63) is 35.4 Å². The van der Waals surface area contributed by atoms with E-state index in [2.05, 4.69) is 0 Å². The zero-order valence-electron chi connectivity index (χ0n) is 8.44. The first kappa shape index (κ1) is 13.0. The Morgan fingerprint density at radius 2 is 2.06 bits per heavy atom. The summed E-state index contributed by atoms with van der Waals surface area (Å²) in [6.07, 6.45) is -0.521. The lowest BCUT2D eigenvalue weighted by Gasteiger charge is -2.12. The molecule has 0 amide bonds. The molecule has 0 aromatic heterocycles. The lowest BCUT2D eigenvalue weighted by Crippen LogP contribution is -2.27. The Labute approximate surface area is 92.0 Å². The van der Waals surface area contributed by atoms with E-state index in [1.807, 2.05) is 4.72 Å². The molecule has 16 heavy (non-hydrogen) atoms. The molecule has 90 valence electrons. The smallest absolute Gasteiger partial charge is 0.208 e. The maximum Gasteiger partial charge on any atom is 0.208 e. The highest BCUT2D eigenvalue weighted by atomic mass is 32.2. The average molecular weight is 251 g/mol. The van der Waals surface area contributed by atoms with Crippen LogP contribution in [0.25, 0.3) is 0 Å². The number of hydrogen-bond acceptors (Lipinski definition) is 3. The first-order chi connectivity index (χ1) is 7.29. The van der Waals surface area contributed by atoms with E-state index in [4.69, 9.17) is 0 Å². The van der Waals surface area contributed by atoms with Gasteiger partial charge in [-0.1, -0.05) is 0 Å². The second-order valence-corrected chi connectivity index (χ2v) is 5.14. The summed E-state index contributed by atoms with van der Waals surface area (Å²) in [4.78, 5) is 0. The molecule has 1 aromatic rings. The summed E-state index contributed by atoms with van der Waals surface area (Å²) >= 11 is 0. The van der Waals surface area contributed by atoms with Crippen molar-refractivity contribution in [3.63, 3.8) is 0 Å². The van der Waals surface area contributed by atoms with Gasteiger partial charge in [-0.05, 0) is 18.2 Å². The Kier molecular flexibility index (Phi) is 3.95. The maximum absolute atomic E-state index is 13.1. The maximum atomic E-state index is 13.1. The molecule has 0 aliphatic heterocycles. The molecule has 4 nitrogen and oxygen atoms in total. The Bertz CT molecular complexity index is 476. The second-order valence-electron chi connectivity index (χ2n) is 3.30. The van der Waals surface area contributed by atoms with Gasteiger partial charge in [0.15, 0.2) is 0 Å². The van der Waals surface area contributed by atoms with E-state index in [0.717, 1.165) is 24.5 Å². The van der Waals surface area contributed by atoms with Crippen LogP contribution in [0.3, 0.4) is 0 Å². The fourth-order valence-electron chi connectivity index (χ4n) is 1.11. The quantitative estimate of drug-likeness (QED) is 0.821. The summed E-state index contributed by atoms with van der Waals surface area (Å²) in [7, 11) is -3.48. The second kappa shape index (κ2) is 4.86. The summed E-state index contributed by atoms with van der Waals surface area (Å²) in [6.45, 7) is -0.404. The average Bonchev–Trinajstić information content (AvgIpc) is 2.17. The number of halogens is 2. The largest absolute Gasteiger partial charge is 0.387 e. The highest BCUT2D eigenvalue weighted by Gasteiger charge is 2.15. The van der Waals surface area contributed by atoms with Gasteiger partial charge < -0.3 is 5.11 Å². The van der Waals surface area contributed by atoms with Gasteiger partial charge in [0.25, 0.3) is 0 Å². The Morgan fingerprint density at radius 1 is 1.44 bits per heavy atom. The zero-order chi connectivity index (χ0) is 12.3. The number of benzene rings is 1. The van der Waals surface area contributed by atoms with Gasteiger partial charge in [0, 0.05) is 12.1 Å². The molecule has 0 aliphatic carbocycles. The molecule has 0 aliphatic rings. The van der Waals surface area contributed by atoms with Crippen LogP contribution in [0.2, 0.25) is 0 Å². The number of rotatable bonds is 4. The molecule has 0 radical (unpaired) electrons. The lowest BCUT2D eigenvalue weighted by molar-refractivity contribution is 0.176. The lowest BCUT2D eigenvalue weighted by atomic mass is 10.1. The van der Waals surface area contributed by atoms with Crippen LogP contribution in [-0.2, 0) is 10.0 Å². The van der Waals surface area contributed by atoms with Crippen LogP contribution in [0, 0.1) is 11.6 Å². The van der Waals surface area contributed by atoms with Crippen molar-refractivity contribution in [1.82, 2.24) is 4.72 Å². The molecule has 1 unspecified atom stereocenters. The van der Waals surface area contributed by atoms with E-state index in [1.165, 1.54) is 0 Å². The van der Waals surface area contributed by atoms with Crippen molar-refractivity contribution in [2.24, 2.45) is 0 Å². The molecule has 1 rings (SSSR count). The third-order valence-corrected chi connectivity index (χ3v) is 2.55. The molecule has 0 spiro atoms. The molecule has 0 saturated carbocycles. The van der Waals surface area contributed by atoms with Crippen molar-refractivity contribution in [3.8, 4) is 0 Å². The van der Waals surface area contributed by atoms with E-state index in [1.54, 1.807) is 0 Å². The van der Waals surface area contributed by atoms with Gasteiger partial charge in [0.2, 0.25) is 10.0 Å². The molecular formula is C9H11F2NO3S. The predicted octanol–water partition coefficient (Wildman–Crippen LogP) is 0.547. The Hall–Kier alpha value is -1.05. The van der Waals surface area contributed by atoms with Crippen LogP contribution >= 0.6 is 0 Å². The topological polar surface area (TPSA) is 66.4 Å². The number of aliphatic hydroxyl groups is 1. The molecule has 1 aromatic carbocycles. The van der Waals surface area contributed by atoms with Gasteiger partial charge >= 0.3 is 0 Å². The standard InChI is InChI=1S/C9H11F2NO3S/c1-16(14,15)12-5-9(13)7-4-6(10)2-3-8(7)11/h2-4,9,12-13H,5H2,1H3. The van der Waals surface area contributed by atoms with Crippen LogP contribution in [0.4, 0.5) is 8.78 Å². The van der Waals surface area contributed by atoms with Crippen molar-refractivity contribution < 1.29 is 22.3 Å². The van der Waals surface area contributed by atoms with E-state index >= 15 is 0 Å². The summed E-state index contributed by atoms with van der Waals surface area (Å²) in [5.74, 6) is -1.49. The molecule has 2 N–H and O–H groups in total. The fourth-order valence-corrected chi connectivity index (χ4v) is 1.57. The number of hydrogen-bond donors (Lipinski definition) is 2. The number of sulfonamides is 1. The molecule has 1 atom stereocenters. The Morgan fingerprint density at radius 3 is 2.62 bits per heavy atom. The van der Waals surface area contributed by atoms with Crippen molar-refractivity contribution in [2.75, 3.05) is 12.8 Å². The highest BCUT2D eigenvalue weighted by molar-refractivity contribution is 7.88. The minimum atomic E-state index is -3.48. The van der Waals surface area contributed by atoms with Crippen molar-refractivity contribution in [1.29, 1.82) is 0 Å². The summed E-state index contributed by atoms with van der Waals surface area (Å²) in [5, 5.41) is 9.46. The minimum Gasteiger partial charge on any atom is -0.387 e. The molecule has 0 bridgehead atoms. The molecule has 0 fully saturated rings. The molecular weight excluding hydrogens is 240 g/mol. The van der Waals surface area contributed by atoms with Gasteiger partial charge in [-0.3, -0.25) is 0 Å². The van der Waals surface area contributed by atoms with Crippen LogP contribution in [0.1, 0.15) is 11.7 Å². The molecule has 0 saturated heterocycles. The van der Waals surface area contributed by atoms with Crippen LogP contribution in [-0.4, -0.2) is 26.3 Å². The fraction of sp³-hybridized carbons (Fsp3) is 0.333. The minimum absolute atomic E-state index is 0.281. The third-order valence-electron chi connectivity index (χ3n) is 1.86. The van der Waals surface area contributed by atoms with E-state index < -0.39 is 34.3 Å². The first-order valence-electron chi connectivity index (χ1n) is 4.37. The predicted molar refractivity (Wildman–Crippen MR) is 54.2 cm³/mol.